The Balaban J connectivity index is 2.30. The van der Waals surface area contributed by atoms with Gasteiger partial charge >= 0.3 is 0 Å². The number of hydrogen-bond donors (Lipinski definition) is 1. The number of nitrogens with two attached hydrogens (primary N) is 1. The maximum Gasteiger partial charge on any atom is 0.245 e. The summed E-state index contributed by atoms with van der Waals surface area (Å²) in [6.45, 7) is 2.26. The molecular formula is C10H13N5O. The van der Waals surface area contributed by atoms with E-state index in [9.17, 15) is 0 Å². The fraction of sp³-hybridized carbons (Fsp3) is 0.300. The predicted octanol–water partition coefficient (Wildman–Crippen LogP) is 0.770. The third kappa shape index (κ3) is 2.01. The minimum Gasteiger partial charge on any atom is -0.419 e. The standard InChI is InChI=1S/C10H13N5O/c1-7-5-9(15(2)14-7)16-10-8(6-11)3-4-12-13-10/h3-5H,6,11H2,1-2H3. The van der Waals surface area contributed by atoms with Gasteiger partial charge in [0.25, 0.3) is 0 Å². The van der Waals surface area contributed by atoms with E-state index in [0.717, 1.165) is 11.3 Å². The maximum atomic E-state index is 5.60. The third-order valence-corrected chi connectivity index (χ3v) is 2.15. The molecule has 0 unspecified atom stereocenters. The fourth-order valence-corrected chi connectivity index (χ4v) is 1.37. The second-order valence-electron chi connectivity index (χ2n) is 3.42. The summed E-state index contributed by atoms with van der Waals surface area (Å²) < 4.78 is 7.24. The van der Waals surface area contributed by atoms with Crippen molar-refractivity contribution in [2.75, 3.05) is 0 Å². The number of aromatic nitrogens is 4. The Hall–Kier alpha value is -1.95. The molecule has 0 saturated carbocycles. The van der Waals surface area contributed by atoms with Gasteiger partial charge in [-0.2, -0.15) is 10.2 Å². The summed E-state index contributed by atoms with van der Waals surface area (Å²) in [4.78, 5) is 0. The van der Waals surface area contributed by atoms with Crippen molar-refractivity contribution < 1.29 is 4.74 Å². The minimum absolute atomic E-state index is 0.363. The lowest BCUT2D eigenvalue weighted by Gasteiger charge is -2.06. The SMILES string of the molecule is Cc1cc(Oc2nnccc2CN)n(C)n1. The molecule has 16 heavy (non-hydrogen) atoms. The van der Waals surface area contributed by atoms with Crippen molar-refractivity contribution in [2.45, 2.75) is 13.5 Å². The number of rotatable bonds is 3. The number of ether oxygens (including phenoxy) is 1. The van der Waals surface area contributed by atoms with E-state index in [-0.39, 0.29) is 0 Å². The molecule has 84 valence electrons. The summed E-state index contributed by atoms with van der Waals surface area (Å²) in [6, 6.07) is 3.61. The largest absolute Gasteiger partial charge is 0.419 e. The van der Waals surface area contributed by atoms with E-state index in [2.05, 4.69) is 15.3 Å². The van der Waals surface area contributed by atoms with Crippen molar-refractivity contribution in [1.29, 1.82) is 0 Å². The lowest BCUT2D eigenvalue weighted by Crippen LogP contribution is -2.03. The summed E-state index contributed by atoms with van der Waals surface area (Å²) in [7, 11) is 1.81. The Labute approximate surface area is 93.1 Å². The molecule has 6 nitrogen and oxygen atoms in total. The average Bonchev–Trinajstić information content (AvgIpc) is 2.58. The van der Waals surface area contributed by atoms with E-state index in [1.807, 2.05) is 13.0 Å². The lowest BCUT2D eigenvalue weighted by molar-refractivity contribution is 0.405. The van der Waals surface area contributed by atoms with Crippen molar-refractivity contribution in [2.24, 2.45) is 12.8 Å². The number of nitrogens with zero attached hydrogens (tertiary/aromatic N) is 4. The molecule has 0 bridgehead atoms. The summed E-state index contributed by atoms with van der Waals surface area (Å²) in [6.07, 6.45) is 1.59. The second kappa shape index (κ2) is 4.28. The number of hydrogen-bond acceptors (Lipinski definition) is 5. The zero-order chi connectivity index (χ0) is 11.5. The van der Waals surface area contributed by atoms with Gasteiger partial charge in [0.1, 0.15) is 0 Å². The fourth-order valence-electron chi connectivity index (χ4n) is 1.37. The van der Waals surface area contributed by atoms with E-state index in [0.29, 0.717) is 18.3 Å². The average molecular weight is 219 g/mol. The molecule has 0 fully saturated rings. The van der Waals surface area contributed by atoms with Crippen LogP contribution in [0.2, 0.25) is 0 Å². The topological polar surface area (TPSA) is 78.9 Å². The van der Waals surface area contributed by atoms with Crippen LogP contribution in [-0.4, -0.2) is 20.0 Å². The van der Waals surface area contributed by atoms with Gasteiger partial charge in [0.2, 0.25) is 11.8 Å². The highest BCUT2D eigenvalue weighted by Crippen LogP contribution is 2.21. The van der Waals surface area contributed by atoms with E-state index in [1.165, 1.54) is 0 Å². The van der Waals surface area contributed by atoms with Crippen molar-refractivity contribution in [3.8, 4) is 11.8 Å². The number of aryl methyl sites for hydroxylation is 2. The highest BCUT2D eigenvalue weighted by atomic mass is 16.5. The molecule has 0 aliphatic rings. The van der Waals surface area contributed by atoms with Crippen LogP contribution in [-0.2, 0) is 13.6 Å². The van der Waals surface area contributed by atoms with Crippen LogP contribution in [0.1, 0.15) is 11.3 Å². The van der Waals surface area contributed by atoms with Crippen molar-refractivity contribution in [3.63, 3.8) is 0 Å². The molecule has 0 amide bonds. The van der Waals surface area contributed by atoms with Crippen LogP contribution in [0.4, 0.5) is 0 Å². The molecule has 0 aliphatic carbocycles. The van der Waals surface area contributed by atoms with E-state index in [1.54, 1.807) is 24.0 Å². The first-order chi connectivity index (χ1) is 7.70. The summed E-state index contributed by atoms with van der Waals surface area (Å²) in [5, 5.41) is 11.8. The van der Waals surface area contributed by atoms with E-state index >= 15 is 0 Å². The highest BCUT2D eigenvalue weighted by molar-refractivity contribution is 5.28. The Bertz CT molecular complexity index is 494. The molecule has 2 rings (SSSR count). The zero-order valence-corrected chi connectivity index (χ0v) is 9.21. The molecule has 2 N–H and O–H groups in total. The lowest BCUT2D eigenvalue weighted by atomic mass is 10.3. The van der Waals surface area contributed by atoms with Gasteiger partial charge in [-0.25, -0.2) is 4.68 Å². The summed E-state index contributed by atoms with van der Waals surface area (Å²) >= 11 is 0. The normalized spacial score (nSPS) is 10.4. The van der Waals surface area contributed by atoms with Crippen LogP contribution < -0.4 is 10.5 Å². The smallest absolute Gasteiger partial charge is 0.245 e. The van der Waals surface area contributed by atoms with Crippen LogP contribution in [0.15, 0.2) is 18.3 Å². The van der Waals surface area contributed by atoms with Gasteiger partial charge in [-0.05, 0) is 13.0 Å². The van der Waals surface area contributed by atoms with Gasteiger partial charge in [0.05, 0.1) is 11.9 Å². The van der Waals surface area contributed by atoms with Crippen molar-refractivity contribution >= 4 is 0 Å². The Kier molecular flexibility index (Phi) is 2.82. The summed E-state index contributed by atoms with van der Waals surface area (Å²) in [5.74, 6) is 1.04. The van der Waals surface area contributed by atoms with Crippen molar-refractivity contribution in [3.05, 3.63) is 29.6 Å². The first-order valence-corrected chi connectivity index (χ1v) is 4.90. The Morgan fingerprint density at radius 2 is 2.31 bits per heavy atom. The third-order valence-electron chi connectivity index (χ3n) is 2.15. The van der Waals surface area contributed by atoms with Gasteiger partial charge in [-0.3, -0.25) is 0 Å². The van der Waals surface area contributed by atoms with Gasteiger partial charge in [-0.1, -0.05) is 0 Å². The first-order valence-electron chi connectivity index (χ1n) is 4.90. The van der Waals surface area contributed by atoms with Crippen molar-refractivity contribution in [1.82, 2.24) is 20.0 Å². The molecule has 2 heterocycles. The zero-order valence-electron chi connectivity index (χ0n) is 9.21. The molecule has 0 radical (unpaired) electrons. The van der Waals surface area contributed by atoms with Crippen LogP contribution in [0.3, 0.4) is 0 Å². The van der Waals surface area contributed by atoms with Gasteiger partial charge in [0.15, 0.2) is 0 Å². The quantitative estimate of drug-likeness (QED) is 0.824. The Morgan fingerprint density at radius 3 is 2.94 bits per heavy atom. The predicted molar refractivity (Wildman–Crippen MR) is 57.9 cm³/mol. The van der Waals surface area contributed by atoms with Gasteiger partial charge < -0.3 is 10.5 Å². The first kappa shape index (κ1) is 10.6. The molecule has 2 aromatic rings. The monoisotopic (exact) mass is 219 g/mol. The van der Waals surface area contributed by atoms with E-state index < -0.39 is 0 Å². The molecule has 0 saturated heterocycles. The maximum absolute atomic E-state index is 5.60. The van der Waals surface area contributed by atoms with Crippen LogP contribution in [0.25, 0.3) is 0 Å². The van der Waals surface area contributed by atoms with Crippen LogP contribution in [0, 0.1) is 6.92 Å². The Morgan fingerprint density at radius 1 is 1.50 bits per heavy atom. The molecule has 0 atom stereocenters. The van der Waals surface area contributed by atoms with E-state index in [4.69, 9.17) is 10.5 Å². The molecule has 0 aliphatic heterocycles. The second-order valence-corrected chi connectivity index (χ2v) is 3.42. The molecular weight excluding hydrogens is 206 g/mol. The van der Waals surface area contributed by atoms with Gasteiger partial charge in [-0.15, -0.1) is 5.10 Å². The molecule has 0 spiro atoms. The van der Waals surface area contributed by atoms with Crippen LogP contribution >= 0.6 is 0 Å². The minimum atomic E-state index is 0.363. The van der Waals surface area contributed by atoms with Gasteiger partial charge in [0, 0.05) is 25.2 Å². The molecule has 6 heteroatoms. The molecule has 0 aromatic carbocycles. The summed E-state index contributed by atoms with van der Waals surface area (Å²) in [5.41, 5.74) is 7.28. The molecule has 2 aromatic heterocycles. The highest BCUT2D eigenvalue weighted by Gasteiger charge is 2.09. The van der Waals surface area contributed by atoms with Crippen LogP contribution in [0.5, 0.6) is 11.8 Å².